The fourth-order valence-corrected chi connectivity index (χ4v) is 4.35. The zero-order chi connectivity index (χ0) is 26.7. The number of benzene rings is 3. The first kappa shape index (κ1) is 30.3. The fraction of sp³-hybridized carbons (Fsp3) is 0.290. The third-order valence-electron chi connectivity index (χ3n) is 6.35. The Morgan fingerprint density at radius 1 is 0.795 bits per heavy atom. The van der Waals surface area contributed by atoms with Gasteiger partial charge in [-0.25, -0.2) is 0 Å². The predicted molar refractivity (Wildman–Crippen MR) is 149 cm³/mol. The van der Waals surface area contributed by atoms with E-state index in [1.54, 1.807) is 14.2 Å². The minimum absolute atomic E-state index is 0. The molecule has 8 heteroatoms. The molecule has 0 aliphatic heterocycles. The maximum absolute atomic E-state index is 10.7. The number of aromatic nitrogens is 2. The van der Waals surface area contributed by atoms with Crippen LogP contribution in [0.1, 0.15) is 40.0 Å². The van der Waals surface area contributed by atoms with Crippen molar-refractivity contribution < 1.29 is 55.1 Å². The third-order valence-corrected chi connectivity index (χ3v) is 6.35. The summed E-state index contributed by atoms with van der Waals surface area (Å²) in [5.74, 6) is 0.828. The van der Waals surface area contributed by atoms with Crippen LogP contribution >= 0.6 is 0 Å². The van der Waals surface area contributed by atoms with Gasteiger partial charge in [-0.15, -0.1) is 0 Å². The van der Waals surface area contributed by atoms with Gasteiger partial charge in [0, 0.05) is 17.5 Å². The molecule has 0 atom stereocenters. The van der Waals surface area contributed by atoms with E-state index in [0.717, 1.165) is 65.4 Å². The Bertz CT molecular complexity index is 1310. The largest absolute Gasteiger partial charge is 1.00 e. The average Bonchev–Trinajstić information content (AvgIpc) is 3.34. The molecule has 0 amide bonds. The van der Waals surface area contributed by atoms with Crippen LogP contribution in [0.5, 0.6) is 17.5 Å². The molecule has 1 N–H and O–H groups in total. The molecular formula is C31H35N2NaO5. The Labute approximate surface area is 253 Å². The molecule has 0 unspecified atom stereocenters. The Morgan fingerprint density at radius 3 is 1.95 bits per heavy atom. The first-order valence-corrected chi connectivity index (χ1v) is 12.9. The summed E-state index contributed by atoms with van der Waals surface area (Å²) in [4.78, 5) is 15.7. The van der Waals surface area contributed by atoms with Crippen molar-refractivity contribution in [2.75, 3.05) is 20.8 Å². The molecule has 0 spiro atoms. The molecule has 7 nitrogen and oxygen atoms in total. The number of imidazole rings is 1. The quantitative estimate of drug-likeness (QED) is 0.192. The van der Waals surface area contributed by atoms with Crippen LogP contribution in [0.3, 0.4) is 0 Å². The fourth-order valence-electron chi connectivity index (χ4n) is 4.35. The van der Waals surface area contributed by atoms with Crippen LogP contribution in [0.25, 0.3) is 28.2 Å². The van der Waals surface area contributed by atoms with Crippen molar-refractivity contribution in [2.45, 2.75) is 38.5 Å². The van der Waals surface area contributed by atoms with Gasteiger partial charge in [0.25, 0.3) is 0 Å². The van der Waals surface area contributed by atoms with Crippen LogP contribution in [0.2, 0.25) is 0 Å². The molecule has 0 aliphatic rings. The van der Waals surface area contributed by atoms with Crippen LogP contribution in [0.15, 0.2) is 78.9 Å². The van der Waals surface area contributed by atoms with Crippen molar-refractivity contribution in [1.82, 2.24) is 9.55 Å². The molecule has 0 bridgehead atoms. The van der Waals surface area contributed by atoms with E-state index >= 15 is 0 Å². The van der Waals surface area contributed by atoms with Gasteiger partial charge in [0.1, 0.15) is 17.2 Å². The van der Waals surface area contributed by atoms with Crippen molar-refractivity contribution in [3.05, 3.63) is 78.9 Å². The second-order valence-electron chi connectivity index (χ2n) is 8.98. The van der Waals surface area contributed by atoms with Crippen LogP contribution in [-0.4, -0.2) is 41.5 Å². The molecule has 0 saturated heterocycles. The summed E-state index contributed by atoms with van der Waals surface area (Å²) in [5, 5.41) is 8.80. The van der Waals surface area contributed by atoms with E-state index in [1.807, 2.05) is 78.9 Å². The van der Waals surface area contributed by atoms with E-state index in [1.165, 1.54) is 0 Å². The minimum atomic E-state index is -0.735. The molecule has 4 aromatic rings. The number of para-hydroxylation sites is 1. The average molecular weight is 539 g/mol. The van der Waals surface area contributed by atoms with Gasteiger partial charge in [-0.2, -0.15) is 4.98 Å². The van der Waals surface area contributed by atoms with Gasteiger partial charge in [0.2, 0.25) is 0 Å². The smallest absolute Gasteiger partial charge is 1.00 e. The van der Waals surface area contributed by atoms with Gasteiger partial charge in [-0.05, 0) is 73.5 Å². The summed E-state index contributed by atoms with van der Waals surface area (Å²) in [7, 11) is 3.31. The van der Waals surface area contributed by atoms with Crippen LogP contribution in [-0.2, 0) is 4.79 Å². The predicted octanol–water partition coefficient (Wildman–Crippen LogP) is 4.14. The molecule has 0 radical (unpaired) electrons. The van der Waals surface area contributed by atoms with E-state index in [0.29, 0.717) is 19.0 Å². The number of ether oxygens (including phenoxy) is 3. The van der Waals surface area contributed by atoms with Gasteiger partial charge in [-0.1, -0.05) is 37.5 Å². The molecule has 0 fully saturated rings. The number of rotatable bonds is 14. The number of hydrogen-bond acceptors (Lipinski definition) is 5. The standard InChI is InChI=1S/C31H34N2O5.Na.H/c1-36-26-18-14-23(15-19-26)29-30(24-16-20-27(37-2)21-17-24)33(25-11-7-6-8-12-25)31(32-29)38-22-10-5-3-4-9-13-28(34)35;;/h6-8,11-12,14-21H,3-5,9-10,13,22H2,1-2H3,(H,34,35);;/q;+1;-1. The second-order valence-corrected chi connectivity index (χ2v) is 8.98. The number of unbranched alkanes of at least 4 members (excludes halogenated alkanes) is 4. The van der Waals surface area contributed by atoms with Crippen molar-refractivity contribution in [3.8, 4) is 45.7 Å². The van der Waals surface area contributed by atoms with Crippen molar-refractivity contribution >= 4 is 5.97 Å². The second kappa shape index (κ2) is 15.4. The summed E-state index contributed by atoms with van der Waals surface area (Å²) < 4.78 is 19.1. The molecule has 39 heavy (non-hydrogen) atoms. The molecule has 1 heterocycles. The van der Waals surface area contributed by atoms with E-state index in [-0.39, 0.29) is 37.4 Å². The maximum atomic E-state index is 10.7. The zero-order valence-corrected chi connectivity index (χ0v) is 24.9. The number of carbonyl (C=O) groups is 1. The van der Waals surface area contributed by atoms with Gasteiger partial charge in [0.05, 0.1) is 32.2 Å². The Balaban J connectivity index is 0.00000280. The zero-order valence-electron chi connectivity index (χ0n) is 23.9. The van der Waals surface area contributed by atoms with Crippen molar-refractivity contribution in [3.63, 3.8) is 0 Å². The maximum Gasteiger partial charge on any atom is 1.00 e. The Hall–Kier alpha value is -3.26. The van der Waals surface area contributed by atoms with Crippen LogP contribution in [0, 0.1) is 0 Å². The topological polar surface area (TPSA) is 82.8 Å². The Morgan fingerprint density at radius 2 is 1.36 bits per heavy atom. The Kier molecular flexibility index (Phi) is 11.9. The number of carboxylic acid groups (broad SMARTS) is 1. The van der Waals surface area contributed by atoms with E-state index < -0.39 is 5.97 Å². The van der Waals surface area contributed by atoms with Crippen LogP contribution in [0.4, 0.5) is 0 Å². The van der Waals surface area contributed by atoms with Gasteiger partial charge in [0.15, 0.2) is 0 Å². The van der Waals surface area contributed by atoms with Crippen molar-refractivity contribution in [2.24, 2.45) is 0 Å². The summed E-state index contributed by atoms with van der Waals surface area (Å²) in [6, 6.07) is 26.4. The summed E-state index contributed by atoms with van der Waals surface area (Å²) in [6.45, 7) is 0.521. The summed E-state index contributed by atoms with van der Waals surface area (Å²) in [5.41, 5.74) is 4.63. The molecule has 4 rings (SSSR count). The normalized spacial score (nSPS) is 10.5. The minimum Gasteiger partial charge on any atom is -1.00 e. The molecule has 1 aromatic heterocycles. The van der Waals surface area contributed by atoms with Gasteiger partial charge < -0.3 is 20.7 Å². The number of aliphatic carboxylic acids is 1. The monoisotopic (exact) mass is 538 g/mol. The number of hydrogen-bond donors (Lipinski definition) is 1. The SMILES string of the molecule is COc1ccc(-c2nc(OCCCCCCCC(=O)O)n(-c3ccccc3)c2-c2ccc(OC)cc2)cc1.[H-].[Na+]. The molecule has 0 aliphatic carbocycles. The number of methoxy groups -OCH3 is 2. The summed E-state index contributed by atoms with van der Waals surface area (Å²) >= 11 is 0. The molecule has 3 aromatic carbocycles. The molecule has 200 valence electrons. The number of nitrogens with zero attached hydrogens (tertiary/aromatic N) is 2. The van der Waals surface area contributed by atoms with Crippen LogP contribution < -0.4 is 43.8 Å². The number of carboxylic acids is 1. The summed E-state index contributed by atoms with van der Waals surface area (Å²) in [6.07, 6.45) is 4.68. The van der Waals surface area contributed by atoms with Gasteiger partial charge in [-0.3, -0.25) is 9.36 Å². The van der Waals surface area contributed by atoms with E-state index in [2.05, 4.69) is 4.57 Å². The van der Waals surface area contributed by atoms with Gasteiger partial charge >= 0.3 is 41.5 Å². The first-order chi connectivity index (χ1) is 18.6. The van der Waals surface area contributed by atoms with E-state index in [9.17, 15) is 4.79 Å². The molecular weight excluding hydrogens is 503 g/mol. The van der Waals surface area contributed by atoms with E-state index in [4.69, 9.17) is 24.3 Å². The molecule has 0 saturated carbocycles. The van der Waals surface area contributed by atoms with Crippen molar-refractivity contribution in [1.29, 1.82) is 0 Å². The third kappa shape index (κ3) is 8.12. The first-order valence-electron chi connectivity index (χ1n) is 12.9.